The van der Waals surface area contributed by atoms with Gasteiger partial charge in [-0.05, 0) is 26.7 Å². The van der Waals surface area contributed by atoms with Gasteiger partial charge in [0, 0.05) is 12.6 Å². The van der Waals surface area contributed by atoms with Crippen LogP contribution in [0.4, 0.5) is 4.79 Å². The molecule has 7 heteroatoms. The number of likely N-dealkylation sites (tertiary alicyclic amines) is 1. The van der Waals surface area contributed by atoms with E-state index in [-0.39, 0.29) is 12.1 Å². The molecule has 0 aromatic carbocycles. The molecule has 102 valence electrons. The van der Waals surface area contributed by atoms with Gasteiger partial charge in [0.1, 0.15) is 12.6 Å². The summed E-state index contributed by atoms with van der Waals surface area (Å²) in [7, 11) is 0. The highest BCUT2D eigenvalue weighted by atomic mass is 16.4. The Bertz CT molecular complexity index is 343. The molecular weight excluding hydrogens is 238 g/mol. The van der Waals surface area contributed by atoms with Gasteiger partial charge in [-0.1, -0.05) is 0 Å². The first-order valence-electron chi connectivity index (χ1n) is 5.98. The van der Waals surface area contributed by atoms with E-state index >= 15 is 0 Å². The van der Waals surface area contributed by atoms with Crippen LogP contribution in [-0.4, -0.2) is 53.1 Å². The summed E-state index contributed by atoms with van der Waals surface area (Å²) >= 11 is 0. The number of nitrogens with one attached hydrogen (secondary N) is 2. The topological polar surface area (TPSA) is 98.7 Å². The van der Waals surface area contributed by atoms with Crippen molar-refractivity contribution < 1.29 is 19.5 Å². The summed E-state index contributed by atoms with van der Waals surface area (Å²) in [6, 6.07) is -0.845. The summed E-state index contributed by atoms with van der Waals surface area (Å²) in [5, 5.41) is 13.5. The fraction of sp³-hybridized carbons (Fsp3) is 0.727. The lowest BCUT2D eigenvalue weighted by Crippen LogP contribution is -2.51. The summed E-state index contributed by atoms with van der Waals surface area (Å²) in [5.74, 6) is -1.51. The van der Waals surface area contributed by atoms with Gasteiger partial charge in [-0.2, -0.15) is 0 Å². The maximum Gasteiger partial charge on any atom is 0.322 e. The third-order valence-corrected chi connectivity index (χ3v) is 2.64. The monoisotopic (exact) mass is 257 g/mol. The van der Waals surface area contributed by atoms with Crippen molar-refractivity contribution in [2.24, 2.45) is 0 Å². The van der Waals surface area contributed by atoms with E-state index in [2.05, 4.69) is 10.6 Å². The van der Waals surface area contributed by atoms with Crippen LogP contribution in [0.15, 0.2) is 0 Å². The Morgan fingerprint density at radius 1 is 1.39 bits per heavy atom. The Morgan fingerprint density at radius 3 is 2.61 bits per heavy atom. The molecule has 0 saturated carbocycles. The number of amides is 3. The zero-order valence-electron chi connectivity index (χ0n) is 10.6. The van der Waals surface area contributed by atoms with Gasteiger partial charge in [-0.15, -0.1) is 0 Å². The number of carbonyl (C=O) groups is 3. The lowest BCUT2D eigenvalue weighted by molar-refractivity contribution is -0.138. The molecule has 1 aliphatic heterocycles. The lowest BCUT2D eigenvalue weighted by atomic mass is 10.2. The number of aliphatic carboxylic acids is 1. The summed E-state index contributed by atoms with van der Waals surface area (Å²) in [6.07, 6.45) is 1.31. The molecule has 0 aromatic heterocycles. The number of nitrogens with zero attached hydrogens (tertiary/aromatic N) is 1. The predicted molar refractivity (Wildman–Crippen MR) is 64.0 cm³/mol. The van der Waals surface area contributed by atoms with Crippen molar-refractivity contribution in [1.29, 1.82) is 0 Å². The Kier molecular flexibility index (Phi) is 4.94. The second-order valence-electron chi connectivity index (χ2n) is 4.57. The van der Waals surface area contributed by atoms with Gasteiger partial charge >= 0.3 is 12.0 Å². The number of carbonyl (C=O) groups excluding carboxylic acids is 2. The molecule has 1 rings (SSSR count). The predicted octanol–water partition coefficient (Wildman–Crippen LogP) is -0.230. The Balaban J connectivity index is 2.55. The molecule has 1 saturated heterocycles. The van der Waals surface area contributed by atoms with Crippen LogP contribution in [0.3, 0.4) is 0 Å². The van der Waals surface area contributed by atoms with Gasteiger partial charge in [0.25, 0.3) is 0 Å². The number of carboxylic acid groups (broad SMARTS) is 1. The molecule has 1 fully saturated rings. The van der Waals surface area contributed by atoms with Gasteiger partial charge in [-0.3, -0.25) is 9.59 Å². The van der Waals surface area contributed by atoms with Crippen LogP contribution in [0.5, 0.6) is 0 Å². The number of hydrogen-bond donors (Lipinski definition) is 3. The van der Waals surface area contributed by atoms with Crippen LogP contribution in [0.2, 0.25) is 0 Å². The Labute approximate surface area is 106 Å². The molecule has 0 aromatic rings. The molecule has 3 N–H and O–H groups in total. The molecule has 3 amide bonds. The summed E-state index contributed by atoms with van der Waals surface area (Å²) < 4.78 is 0. The number of urea groups is 1. The summed E-state index contributed by atoms with van der Waals surface area (Å²) in [4.78, 5) is 35.4. The Morgan fingerprint density at radius 2 is 2.06 bits per heavy atom. The van der Waals surface area contributed by atoms with Crippen molar-refractivity contribution in [1.82, 2.24) is 15.5 Å². The standard InChI is InChI=1S/C11H19N3O4/c1-7(2)13-11(18)14-5-3-4-8(14)10(17)12-6-9(15)16/h7-8H,3-6H2,1-2H3,(H,12,17)(H,13,18)(H,15,16)/t8-/m0/s1. The van der Waals surface area contributed by atoms with Crippen molar-refractivity contribution >= 4 is 17.9 Å². The van der Waals surface area contributed by atoms with E-state index in [0.29, 0.717) is 13.0 Å². The van der Waals surface area contributed by atoms with Crippen LogP contribution >= 0.6 is 0 Å². The van der Waals surface area contributed by atoms with E-state index in [1.807, 2.05) is 13.8 Å². The van der Waals surface area contributed by atoms with Crippen molar-refractivity contribution in [3.05, 3.63) is 0 Å². The minimum atomic E-state index is -1.10. The average molecular weight is 257 g/mol. The van der Waals surface area contributed by atoms with Gasteiger partial charge < -0.3 is 20.6 Å². The lowest BCUT2D eigenvalue weighted by Gasteiger charge is -2.25. The highest BCUT2D eigenvalue weighted by molar-refractivity contribution is 5.89. The van der Waals surface area contributed by atoms with Crippen molar-refractivity contribution in [2.75, 3.05) is 13.1 Å². The maximum absolute atomic E-state index is 11.8. The normalized spacial score (nSPS) is 18.8. The summed E-state index contributed by atoms with van der Waals surface area (Å²) in [5.41, 5.74) is 0. The van der Waals surface area contributed by atoms with E-state index in [1.54, 1.807) is 0 Å². The van der Waals surface area contributed by atoms with Crippen LogP contribution in [0.25, 0.3) is 0 Å². The highest BCUT2D eigenvalue weighted by Gasteiger charge is 2.34. The van der Waals surface area contributed by atoms with Gasteiger partial charge in [0.05, 0.1) is 0 Å². The second kappa shape index (κ2) is 6.23. The van der Waals surface area contributed by atoms with Crippen molar-refractivity contribution in [3.63, 3.8) is 0 Å². The maximum atomic E-state index is 11.8. The van der Waals surface area contributed by atoms with Gasteiger partial charge in [-0.25, -0.2) is 4.79 Å². The number of rotatable bonds is 4. The second-order valence-corrected chi connectivity index (χ2v) is 4.57. The summed E-state index contributed by atoms with van der Waals surface area (Å²) in [6.45, 7) is 3.78. The van der Waals surface area contributed by atoms with Crippen LogP contribution in [-0.2, 0) is 9.59 Å². The molecule has 18 heavy (non-hydrogen) atoms. The van der Waals surface area contributed by atoms with Crippen molar-refractivity contribution in [3.8, 4) is 0 Å². The molecule has 1 heterocycles. The molecule has 0 radical (unpaired) electrons. The minimum absolute atomic E-state index is 0.000769. The van der Waals surface area contributed by atoms with E-state index in [9.17, 15) is 14.4 Å². The SMILES string of the molecule is CC(C)NC(=O)N1CCC[C@H]1C(=O)NCC(=O)O. The number of hydrogen-bond acceptors (Lipinski definition) is 3. The van der Waals surface area contributed by atoms with Gasteiger partial charge in [0.2, 0.25) is 5.91 Å². The quantitative estimate of drug-likeness (QED) is 0.647. The smallest absolute Gasteiger partial charge is 0.322 e. The fourth-order valence-corrected chi connectivity index (χ4v) is 1.89. The molecular formula is C11H19N3O4. The highest BCUT2D eigenvalue weighted by Crippen LogP contribution is 2.17. The molecule has 0 spiro atoms. The van der Waals surface area contributed by atoms with E-state index in [0.717, 1.165) is 6.42 Å². The van der Waals surface area contributed by atoms with E-state index in [4.69, 9.17) is 5.11 Å². The molecule has 7 nitrogen and oxygen atoms in total. The van der Waals surface area contributed by atoms with Crippen molar-refractivity contribution in [2.45, 2.75) is 38.8 Å². The minimum Gasteiger partial charge on any atom is -0.480 e. The van der Waals surface area contributed by atoms with E-state index < -0.39 is 24.5 Å². The fourth-order valence-electron chi connectivity index (χ4n) is 1.89. The third kappa shape index (κ3) is 3.90. The molecule has 0 bridgehead atoms. The van der Waals surface area contributed by atoms with E-state index in [1.165, 1.54) is 4.90 Å². The Hall–Kier alpha value is -1.79. The zero-order valence-corrected chi connectivity index (χ0v) is 10.6. The molecule has 0 aliphatic carbocycles. The molecule has 1 atom stereocenters. The third-order valence-electron chi connectivity index (χ3n) is 2.64. The first kappa shape index (κ1) is 14.3. The average Bonchev–Trinajstić information content (AvgIpc) is 2.73. The molecule has 1 aliphatic rings. The van der Waals surface area contributed by atoms with Crippen LogP contribution < -0.4 is 10.6 Å². The number of carboxylic acids is 1. The zero-order chi connectivity index (χ0) is 13.7. The first-order chi connectivity index (χ1) is 8.41. The first-order valence-corrected chi connectivity index (χ1v) is 5.98. The van der Waals surface area contributed by atoms with Gasteiger partial charge in [0.15, 0.2) is 0 Å². The van der Waals surface area contributed by atoms with Crippen LogP contribution in [0.1, 0.15) is 26.7 Å². The largest absolute Gasteiger partial charge is 0.480 e. The molecule has 0 unspecified atom stereocenters. The van der Waals surface area contributed by atoms with Crippen LogP contribution in [0, 0.1) is 0 Å².